The average molecular weight is 338 g/mol. The second-order valence-electron chi connectivity index (χ2n) is 6.00. The molecule has 0 saturated heterocycles. The molecule has 0 bridgehead atoms. The van der Waals surface area contributed by atoms with Crippen LogP contribution in [0.15, 0.2) is 54.9 Å². The molecule has 4 rings (SSSR count). The lowest BCUT2D eigenvalue weighted by Crippen LogP contribution is -2.28. The van der Waals surface area contributed by atoms with E-state index in [1.165, 1.54) is 12.1 Å². The molecule has 0 fully saturated rings. The zero-order valence-corrected chi connectivity index (χ0v) is 13.9. The summed E-state index contributed by atoms with van der Waals surface area (Å²) < 4.78 is 21.0. The summed E-state index contributed by atoms with van der Waals surface area (Å²) in [6.45, 7) is 2.58. The van der Waals surface area contributed by atoms with E-state index in [-0.39, 0.29) is 17.9 Å². The van der Waals surface area contributed by atoms with E-state index >= 15 is 0 Å². The van der Waals surface area contributed by atoms with Gasteiger partial charge in [-0.2, -0.15) is 10.1 Å². The van der Waals surface area contributed by atoms with Gasteiger partial charge >= 0.3 is 0 Å². The molecular formula is C19H19FN4O. The molecule has 1 aliphatic heterocycles. The first-order valence-corrected chi connectivity index (χ1v) is 8.39. The van der Waals surface area contributed by atoms with E-state index in [0.717, 1.165) is 23.3 Å². The summed E-state index contributed by atoms with van der Waals surface area (Å²) in [5.74, 6) is 1.33. The van der Waals surface area contributed by atoms with E-state index < -0.39 is 0 Å². The summed E-state index contributed by atoms with van der Waals surface area (Å²) >= 11 is 0. The maximum atomic E-state index is 13.3. The van der Waals surface area contributed by atoms with Crippen LogP contribution >= 0.6 is 0 Å². The fourth-order valence-electron chi connectivity index (χ4n) is 3.34. The van der Waals surface area contributed by atoms with Crippen LogP contribution in [0.4, 0.5) is 10.3 Å². The second-order valence-corrected chi connectivity index (χ2v) is 6.00. The Balaban J connectivity index is 1.74. The molecule has 0 aliphatic carbocycles. The van der Waals surface area contributed by atoms with E-state index in [4.69, 9.17) is 4.74 Å². The smallest absolute Gasteiger partial charge is 0.222 e. The molecule has 1 aromatic heterocycles. The van der Waals surface area contributed by atoms with Gasteiger partial charge in [0.15, 0.2) is 0 Å². The van der Waals surface area contributed by atoms with E-state index in [1.807, 2.05) is 41.9 Å². The number of halogens is 1. The van der Waals surface area contributed by atoms with E-state index in [0.29, 0.717) is 12.6 Å². The molecule has 5 nitrogen and oxygen atoms in total. The van der Waals surface area contributed by atoms with Crippen molar-refractivity contribution in [1.82, 2.24) is 14.8 Å². The Hall–Kier alpha value is -2.89. The first kappa shape index (κ1) is 15.6. The van der Waals surface area contributed by atoms with E-state index in [2.05, 4.69) is 21.5 Å². The molecule has 2 atom stereocenters. The number of nitrogens with zero attached hydrogens (tertiary/aromatic N) is 3. The first-order valence-electron chi connectivity index (χ1n) is 8.39. The number of hydrogen-bond donors (Lipinski definition) is 1. The fourth-order valence-corrected chi connectivity index (χ4v) is 3.34. The molecule has 0 saturated carbocycles. The van der Waals surface area contributed by atoms with Crippen LogP contribution in [-0.2, 0) is 0 Å². The Morgan fingerprint density at radius 3 is 2.80 bits per heavy atom. The van der Waals surface area contributed by atoms with Crippen LogP contribution in [-0.4, -0.2) is 21.4 Å². The Morgan fingerprint density at radius 2 is 2.00 bits per heavy atom. The Bertz CT molecular complexity index is 862. The van der Waals surface area contributed by atoms with Crippen molar-refractivity contribution in [2.45, 2.75) is 25.4 Å². The van der Waals surface area contributed by atoms with Gasteiger partial charge in [0.2, 0.25) is 5.95 Å². The normalized spacial score (nSPS) is 19.1. The van der Waals surface area contributed by atoms with E-state index in [1.54, 1.807) is 6.33 Å². The zero-order chi connectivity index (χ0) is 17.2. The highest BCUT2D eigenvalue weighted by Crippen LogP contribution is 2.40. The van der Waals surface area contributed by atoms with Gasteiger partial charge in [-0.25, -0.2) is 9.07 Å². The lowest BCUT2D eigenvalue weighted by atomic mass is 9.93. The van der Waals surface area contributed by atoms with Gasteiger partial charge in [0.1, 0.15) is 17.9 Å². The van der Waals surface area contributed by atoms with Crippen LogP contribution in [0.3, 0.4) is 0 Å². The van der Waals surface area contributed by atoms with Crippen LogP contribution in [0, 0.1) is 5.82 Å². The molecule has 0 unspecified atom stereocenters. The predicted octanol–water partition coefficient (Wildman–Crippen LogP) is 3.96. The highest BCUT2D eigenvalue weighted by molar-refractivity contribution is 5.42. The van der Waals surface area contributed by atoms with Crippen molar-refractivity contribution >= 4 is 5.95 Å². The maximum absolute atomic E-state index is 13.3. The number of benzene rings is 2. The van der Waals surface area contributed by atoms with Crippen LogP contribution in [0.25, 0.3) is 0 Å². The number of hydrogen-bond acceptors (Lipinski definition) is 4. The van der Waals surface area contributed by atoms with Gasteiger partial charge in [-0.3, -0.25) is 0 Å². The number of nitrogens with one attached hydrogen (secondary N) is 1. The number of para-hydroxylation sites is 1. The Labute approximate surface area is 145 Å². The van der Waals surface area contributed by atoms with Crippen LogP contribution in [0.5, 0.6) is 5.75 Å². The zero-order valence-electron chi connectivity index (χ0n) is 13.9. The third kappa shape index (κ3) is 2.95. The predicted molar refractivity (Wildman–Crippen MR) is 93.2 cm³/mol. The van der Waals surface area contributed by atoms with Crippen molar-refractivity contribution in [1.29, 1.82) is 0 Å². The number of rotatable bonds is 4. The minimum absolute atomic E-state index is 0.00319. The maximum Gasteiger partial charge on any atom is 0.222 e. The Kier molecular flexibility index (Phi) is 4.09. The average Bonchev–Trinajstić information content (AvgIpc) is 3.11. The topological polar surface area (TPSA) is 52.0 Å². The summed E-state index contributed by atoms with van der Waals surface area (Å²) in [5, 5.41) is 7.78. The van der Waals surface area contributed by atoms with Crippen molar-refractivity contribution in [3.8, 4) is 5.75 Å². The molecule has 25 heavy (non-hydrogen) atoms. The van der Waals surface area contributed by atoms with Crippen LogP contribution < -0.4 is 10.1 Å². The molecule has 2 aromatic carbocycles. The minimum atomic E-state index is -0.235. The highest BCUT2D eigenvalue weighted by Gasteiger charge is 2.31. The van der Waals surface area contributed by atoms with E-state index in [9.17, 15) is 4.39 Å². The summed E-state index contributed by atoms with van der Waals surface area (Å²) in [6, 6.07) is 14.6. The van der Waals surface area contributed by atoms with Gasteiger partial charge in [-0.1, -0.05) is 30.3 Å². The van der Waals surface area contributed by atoms with Crippen molar-refractivity contribution in [3.05, 3.63) is 71.8 Å². The van der Waals surface area contributed by atoms with Crippen molar-refractivity contribution in [2.75, 3.05) is 11.9 Å². The lowest BCUT2D eigenvalue weighted by Gasteiger charge is -2.32. The quantitative estimate of drug-likeness (QED) is 0.782. The Morgan fingerprint density at radius 1 is 1.20 bits per heavy atom. The molecule has 128 valence electrons. The molecule has 1 N–H and O–H groups in total. The van der Waals surface area contributed by atoms with Crippen molar-refractivity contribution in [2.24, 2.45) is 0 Å². The highest BCUT2D eigenvalue weighted by atomic mass is 19.1. The van der Waals surface area contributed by atoms with Crippen molar-refractivity contribution in [3.63, 3.8) is 0 Å². The third-order valence-electron chi connectivity index (χ3n) is 4.48. The number of fused-ring (bicyclic) bond motifs is 1. The van der Waals surface area contributed by atoms with Gasteiger partial charge < -0.3 is 10.1 Å². The second kappa shape index (κ2) is 6.55. The molecule has 0 radical (unpaired) electrons. The van der Waals surface area contributed by atoms with Crippen molar-refractivity contribution < 1.29 is 9.13 Å². The van der Waals surface area contributed by atoms with Gasteiger partial charge in [0.05, 0.1) is 18.7 Å². The van der Waals surface area contributed by atoms with Gasteiger partial charge in [0, 0.05) is 5.56 Å². The minimum Gasteiger partial charge on any atom is -0.494 e. The lowest BCUT2D eigenvalue weighted by molar-refractivity contribution is 0.325. The summed E-state index contributed by atoms with van der Waals surface area (Å²) in [6.07, 6.45) is 2.32. The SMILES string of the molecule is CCOc1ccccc1[C@@H]1C[C@H](c2ccc(F)cc2)Nc2ncnn21. The molecule has 1 aliphatic rings. The third-order valence-corrected chi connectivity index (χ3v) is 4.48. The molecule has 6 heteroatoms. The molecular weight excluding hydrogens is 319 g/mol. The molecule has 0 spiro atoms. The molecule has 2 heterocycles. The monoisotopic (exact) mass is 338 g/mol. The fraction of sp³-hybridized carbons (Fsp3) is 0.263. The summed E-state index contributed by atoms with van der Waals surface area (Å²) in [5.41, 5.74) is 2.10. The number of aromatic nitrogens is 3. The van der Waals surface area contributed by atoms with Crippen LogP contribution in [0.2, 0.25) is 0 Å². The molecule has 0 amide bonds. The molecule has 3 aromatic rings. The van der Waals surface area contributed by atoms with Crippen LogP contribution in [0.1, 0.15) is 36.6 Å². The summed E-state index contributed by atoms with van der Waals surface area (Å²) in [7, 11) is 0. The van der Waals surface area contributed by atoms with Gasteiger partial charge in [0.25, 0.3) is 0 Å². The van der Waals surface area contributed by atoms with Gasteiger partial charge in [-0.05, 0) is 37.1 Å². The summed E-state index contributed by atoms with van der Waals surface area (Å²) in [4.78, 5) is 4.33. The largest absolute Gasteiger partial charge is 0.494 e. The number of anilines is 1. The van der Waals surface area contributed by atoms with Gasteiger partial charge in [-0.15, -0.1) is 0 Å². The first-order chi connectivity index (χ1) is 12.3. The number of ether oxygens (including phenoxy) is 1. The standard InChI is InChI=1S/C19H19FN4O/c1-2-25-18-6-4-3-5-15(18)17-11-16(13-7-9-14(20)10-8-13)23-19-21-12-22-24(17)19/h3-10,12,16-17H,2,11H2,1H3,(H,21,22,23)/t16-,17+/m1/s1.